The molecule has 0 saturated carbocycles. The number of fused-ring (bicyclic) bond motifs is 2. The van der Waals surface area contributed by atoms with Crippen LogP contribution in [0.25, 0.3) is 48.1 Å². The van der Waals surface area contributed by atoms with Gasteiger partial charge in [0.25, 0.3) is 22.2 Å². The lowest BCUT2D eigenvalue weighted by Crippen LogP contribution is -2.36. The summed E-state index contributed by atoms with van der Waals surface area (Å²) >= 11 is 0. The Balaban J connectivity index is 1.14. The number of hydrogen-bond acceptors (Lipinski definition) is 8. The topological polar surface area (TPSA) is 205 Å². The van der Waals surface area contributed by atoms with E-state index in [2.05, 4.69) is 25.0 Å². The molecule has 14 nitrogen and oxygen atoms in total. The molecule has 14 heteroatoms. The van der Waals surface area contributed by atoms with Gasteiger partial charge in [-0.3, -0.25) is 24.2 Å². The number of nitrogens with one attached hydrogen (secondary N) is 1. The van der Waals surface area contributed by atoms with Crippen LogP contribution in [0.1, 0.15) is 24.0 Å². The van der Waals surface area contributed by atoms with Crippen LogP contribution < -0.4 is 31.7 Å². The van der Waals surface area contributed by atoms with E-state index in [1.165, 1.54) is 12.1 Å². The summed E-state index contributed by atoms with van der Waals surface area (Å²) in [5.74, 6) is 2.41. The van der Waals surface area contributed by atoms with E-state index in [1.807, 2.05) is 55.5 Å². The summed E-state index contributed by atoms with van der Waals surface area (Å²) in [7, 11) is 0. The highest BCUT2D eigenvalue weighted by molar-refractivity contribution is 5.98. The van der Waals surface area contributed by atoms with Crippen LogP contribution in [0.15, 0.2) is 138 Å². The van der Waals surface area contributed by atoms with Crippen molar-refractivity contribution in [3.05, 3.63) is 182 Å². The van der Waals surface area contributed by atoms with Gasteiger partial charge in [0.15, 0.2) is 0 Å². The van der Waals surface area contributed by atoms with Gasteiger partial charge >= 0.3 is 0 Å². The lowest BCUT2D eigenvalue weighted by atomic mass is 9.71. The molecule has 1 N–H and O–H groups in total. The largest absolute Gasteiger partial charge is 0.462 e. The maximum atomic E-state index is 13.2. The van der Waals surface area contributed by atoms with Gasteiger partial charge in [0, 0.05) is 34.7 Å². The van der Waals surface area contributed by atoms with Crippen LogP contribution in [-0.2, 0) is 5.41 Å². The first-order chi connectivity index (χ1) is 25.2. The number of aromatic nitrogens is 2. The Bertz CT molecular complexity index is 2630. The number of benzene rings is 4. The average Bonchev–Trinajstić information content (AvgIpc) is 3.58. The summed E-state index contributed by atoms with van der Waals surface area (Å²) in [6.45, 7) is 2.04. The zero-order valence-corrected chi connectivity index (χ0v) is 27.6. The fourth-order valence-corrected chi connectivity index (χ4v) is 6.56. The highest BCUT2D eigenvalue weighted by Crippen LogP contribution is 2.40. The van der Waals surface area contributed by atoms with Gasteiger partial charge in [-0.25, -0.2) is 4.57 Å². The third kappa shape index (κ3) is 6.11. The van der Waals surface area contributed by atoms with Gasteiger partial charge in [0.2, 0.25) is 0 Å². The highest BCUT2D eigenvalue weighted by Gasteiger charge is 2.36. The Morgan fingerprint density at radius 1 is 0.692 bits per heavy atom. The van der Waals surface area contributed by atoms with Gasteiger partial charge in [0.1, 0.15) is 23.0 Å². The predicted octanol–water partition coefficient (Wildman–Crippen LogP) is 7.07. The average molecular weight is 693 g/mol. The summed E-state index contributed by atoms with van der Waals surface area (Å²) < 4.78 is 13.1. The minimum Gasteiger partial charge on any atom is -0.462 e. The minimum atomic E-state index is -0.922. The normalized spacial score (nSPS) is 13.8. The van der Waals surface area contributed by atoms with Crippen molar-refractivity contribution in [2.45, 2.75) is 25.2 Å². The third-order valence-electron chi connectivity index (χ3n) is 9.28. The van der Waals surface area contributed by atoms with Crippen LogP contribution >= 0.6 is 0 Å². The number of hydrogen-bond donors (Lipinski definition) is 1. The summed E-state index contributed by atoms with van der Waals surface area (Å²) in [5, 5.41) is 8.02. The van der Waals surface area contributed by atoms with Crippen LogP contribution in [0, 0.1) is 6.92 Å². The molecule has 0 atom stereocenters. The number of nitrogens with zero attached hydrogens (tertiary/aromatic N) is 7. The molecule has 52 heavy (non-hydrogen) atoms. The minimum absolute atomic E-state index is 0.0158. The van der Waals surface area contributed by atoms with Crippen molar-refractivity contribution < 1.29 is 9.47 Å². The SMILES string of the molecule is Cc1ccc(OC2=CC=C(C(CN=[N+]=[N-])(CN=[N+]=[N-])c3ccc(Oc4ccc(-n5c(=O)c6cc7c(=O)[nH]c(=O)c7cc6c5=O)cc4)cc3)CC2)cc1. The van der Waals surface area contributed by atoms with Crippen molar-refractivity contribution in [1.29, 1.82) is 0 Å². The van der Waals surface area contributed by atoms with Crippen LogP contribution in [0.3, 0.4) is 0 Å². The molecular formula is C38H28N8O6. The standard InChI is InChI=1S/C38H28N8O6/c1-22-2-10-26(11-3-22)51-27-12-4-23(5-13-27)38(20-41-44-39,21-42-45-40)24-6-14-28(15-7-24)52-29-16-8-25(9-17-29)46-36(49)32-18-30-31(19-33(32)37(46)50)35(48)43-34(30)47/h2-4,6-12,14-19H,5,13,20-21H2,1H3,(H,43,47,48). The number of azide groups is 2. The molecule has 0 unspecified atom stereocenters. The van der Waals surface area contributed by atoms with Crippen LogP contribution in [0.5, 0.6) is 17.2 Å². The van der Waals surface area contributed by atoms with Crippen molar-refractivity contribution in [3.8, 4) is 22.9 Å². The first-order valence-corrected chi connectivity index (χ1v) is 16.2. The van der Waals surface area contributed by atoms with Gasteiger partial charge in [-0.1, -0.05) is 51.7 Å². The molecule has 0 radical (unpaired) electrons. The number of rotatable bonds is 11. The molecule has 4 aromatic carbocycles. The van der Waals surface area contributed by atoms with E-state index in [-0.39, 0.29) is 40.3 Å². The van der Waals surface area contributed by atoms with Crippen LogP contribution in [0.4, 0.5) is 0 Å². The maximum Gasteiger partial charge on any atom is 0.266 e. The van der Waals surface area contributed by atoms with Crippen LogP contribution in [0.2, 0.25) is 0 Å². The molecule has 2 aromatic heterocycles. The zero-order valence-electron chi connectivity index (χ0n) is 27.6. The summed E-state index contributed by atoms with van der Waals surface area (Å²) in [4.78, 5) is 58.8. The van der Waals surface area contributed by atoms with Gasteiger partial charge in [-0.15, -0.1) is 0 Å². The monoisotopic (exact) mass is 692 g/mol. The molecule has 0 spiro atoms. The number of aryl methyl sites for hydroxylation is 1. The van der Waals surface area contributed by atoms with E-state index in [0.717, 1.165) is 32.8 Å². The second kappa shape index (κ2) is 13.6. The molecule has 0 bridgehead atoms. The Kier molecular flexibility index (Phi) is 8.75. The van der Waals surface area contributed by atoms with E-state index in [9.17, 15) is 30.2 Å². The van der Waals surface area contributed by atoms with Crippen molar-refractivity contribution in [2.75, 3.05) is 13.1 Å². The third-order valence-corrected chi connectivity index (χ3v) is 9.28. The van der Waals surface area contributed by atoms with Crippen molar-refractivity contribution in [2.24, 2.45) is 10.2 Å². The van der Waals surface area contributed by atoms with E-state index in [0.29, 0.717) is 24.3 Å². The first kappa shape index (κ1) is 33.4. The Hall–Kier alpha value is -7.14. The molecule has 1 aliphatic carbocycles. The fourth-order valence-electron chi connectivity index (χ4n) is 6.56. The van der Waals surface area contributed by atoms with Gasteiger partial charge in [0.05, 0.1) is 27.2 Å². The molecule has 256 valence electrons. The molecule has 6 aromatic rings. The molecular weight excluding hydrogens is 664 g/mol. The van der Waals surface area contributed by atoms with E-state index in [1.54, 1.807) is 36.4 Å². The quantitative estimate of drug-likeness (QED) is 0.0853. The second-order valence-electron chi connectivity index (χ2n) is 12.4. The molecule has 0 amide bonds. The molecule has 1 aliphatic rings. The smallest absolute Gasteiger partial charge is 0.266 e. The lowest BCUT2D eigenvalue weighted by molar-refractivity contribution is 0.392. The van der Waals surface area contributed by atoms with Gasteiger partial charge in [-0.2, -0.15) is 0 Å². The Morgan fingerprint density at radius 3 is 1.73 bits per heavy atom. The summed E-state index contributed by atoms with van der Waals surface area (Å²) in [5.41, 5.74) is 18.3. The Labute approximate surface area is 293 Å². The second-order valence-corrected chi connectivity index (χ2v) is 12.4. The Morgan fingerprint density at radius 2 is 1.21 bits per heavy atom. The van der Waals surface area contributed by atoms with E-state index < -0.39 is 27.7 Å². The van der Waals surface area contributed by atoms with E-state index >= 15 is 0 Å². The lowest BCUT2D eigenvalue weighted by Gasteiger charge is -2.36. The highest BCUT2D eigenvalue weighted by atomic mass is 16.5. The molecule has 0 aliphatic heterocycles. The maximum absolute atomic E-state index is 13.2. The summed E-state index contributed by atoms with van der Waals surface area (Å²) in [6.07, 6.45) is 4.97. The van der Waals surface area contributed by atoms with Crippen LogP contribution in [-0.4, -0.2) is 22.6 Å². The number of H-pyrrole nitrogens is 1. The number of ether oxygens (including phenoxy) is 2. The zero-order chi connectivity index (χ0) is 36.4. The van der Waals surface area contributed by atoms with Gasteiger partial charge < -0.3 is 9.47 Å². The fraction of sp³-hybridized carbons (Fsp3) is 0.158. The van der Waals surface area contributed by atoms with E-state index in [4.69, 9.17) is 9.47 Å². The van der Waals surface area contributed by atoms with Crippen molar-refractivity contribution in [3.63, 3.8) is 0 Å². The predicted molar refractivity (Wildman–Crippen MR) is 196 cm³/mol. The number of aromatic amines is 1. The summed E-state index contributed by atoms with van der Waals surface area (Å²) in [6, 6.07) is 23.8. The van der Waals surface area contributed by atoms with Crippen molar-refractivity contribution >= 4 is 21.5 Å². The molecule has 0 saturated heterocycles. The molecule has 2 heterocycles. The van der Waals surface area contributed by atoms with Crippen molar-refractivity contribution in [1.82, 2.24) is 9.55 Å². The van der Waals surface area contributed by atoms with Gasteiger partial charge in [-0.05, 0) is 96.7 Å². The number of allylic oxidation sites excluding steroid dienone is 3. The molecule has 7 rings (SSSR count). The first-order valence-electron chi connectivity index (χ1n) is 16.2. The molecule has 0 fully saturated rings.